The van der Waals surface area contributed by atoms with Crippen LogP contribution in [0.2, 0.25) is 0 Å². The van der Waals surface area contributed by atoms with Gasteiger partial charge in [0.25, 0.3) is 0 Å². The second-order valence-electron chi connectivity index (χ2n) is 4.64. The molecule has 5 heteroatoms. The molecule has 0 radical (unpaired) electrons. The third-order valence-electron chi connectivity index (χ3n) is 2.90. The largest absolute Gasteiger partial charge is 0.369 e. The monoisotopic (exact) mass is 213 g/mol. The highest BCUT2D eigenvalue weighted by Crippen LogP contribution is 2.20. The summed E-state index contributed by atoms with van der Waals surface area (Å²) in [5, 5.41) is 2.95. The maximum absolute atomic E-state index is 11.7. The Labute approximate surface area is 90.0 Å². The lowest BCUT2D eigenvalue weighted by Gasteiger charge is -2.27. The van der Waals surface area contributed by atoms with E-state index in [2.05, 4.69) is 5.32 Å². The third kappa shape index (κ3) is 2.47. The van der Waals surface area contributed by atoms with E-state index in [4.69, 9.17) is 5.73 Å². The molecule has 1 rings (SSSR count). The van der Waals surface area contributed by atoms with Crippen LogP contribution in [0.4, 0.5) is 0 Å². The van der Waals surface area contributed by atoms with Crippen LogP contribution in [0, 0.1) is 5.41 Å². The first-order valence-electron chi connectivity index (χ1n) is 5.14. The lowest BCUT2D eigenvalue weighted by molar-refractivity contribution is -0.133. The van der Waals surface area contributed by atoms with E-state index in [-0.39, 0.29) is 17.9 Å². The lowest BCUT2D eigenvalue weighted by Crippen LogP contribution is -2.45. The van der Waals surface area contributed by atoms with Crippen LogP contribution in [-0.2, 0) is 9.59 Å². The number of likely N-dealkylation sites (tertiary alicyclic amines) is 1. The fraction of sp³-hybridized carbons (Fsp3) is 0.800. The van der Waals surface area contributed by atoms with Gasteiger partial charge >= 0.3 is 0 Å². The van der Waals surface area contributed by atoms with E-state index in [0.717, 1.165) is 6.42 Å². The number of carbonyl (C=O) groups is 2. The zero-order chi connectivity index (χ0) is 11.6. The summed E-state index contributed by atoms with van der Waals surface area (Å²) in [6.45, 7) is 4.62. The zero-order valence-electron chi connectivity index (χ0n) is 9.54. The molecule has 0 aromatic heterocycles. The summed E-state index contributed by atoms with van der Waals surface area (Å²) in [5.74, 6) is -0.310. The first kappa shape index (κ1) is 12.0. The molecular formula is C10H19N3O2. The summed E-state index contributed by atoms with van der Waals surface area (Å²) in [4.78, 5) is 24.6. The maximum Gasteiger partial charge on any atom is 0.239 e. The van der Waals surface area contributed by atoms with Gasteiger partial charge in [0.1, 0.15) is 0 Å². The van der Waals surface area contributed by atoms with Crippen molar-refractivity contribution in [3.63, 3.8) is 0 Å². The van der Waals surface area contributed by atoms with Crippen LogP contribution in [0.3, 0.4) is 0 Å². The molecule has 0 aromatic carbocycles. The van der Waals surface area contributed by atoms with Crippen molar-refractivity contribution in [2.45, 2.75) is 26.3 Å². The van der Waals surface area contributed by atoms with Crippen molar-refractivity contribution in [2.24, 2.45) is 11.1 Å². The predicted octanol–water partition coefficient (Wildman–Crippen LogP) is -0.682. The standard InChI is InChI=1S/C10H19N3O2/c1-10(2,9(11)15)6-13-5-4-7(12-3)8(13)14/h7,12H,4-6H2,1-3H3,(H2,11,15). The van der Waals surface area contributed by atoms with Crippen LogP contribution in [0.25, 0.3) is 0 Å². The number of nitrogens with zero attached hydrogens (tertiary/aromatic N) is 1. The predicted molar refractivity (Wildman–Crippen MR) is 57.0 cm³/mol. The number of nitrogens with two attached hydrogens (primary N) is 1. The van der Waals surface area contributed by atoms with Gasteiger partial charge in [0, 0.05) is 13.1 Å². The molecule has 1 saturated heterocycles. The molecule has 1 unspecified atom stereocenters. The normalized spacial score (nSPS) is 22.2. The van der Waals surface area contributed by atoms with E-state index in [1.807, 2.05) is 0 Å². The summed E-state index contributed by atoms with van der Waals surface area (Å²) in [7, 11) is 1.77. The molecule has 15 heavy (non-hydrogen) atoms. The van der Waals surface area contributed by atoms with Crippen molar-refractivity contribution in [3.8, 4) is 0 Å². The van der Waals surface area contributed by atoms with E-state index in [0.29, 0.717) is 13.1 Å². The summed E-state index contributed by atoms with van der Waals surface area (Å²) >= 11 is 0. The zero-order valence-corrected chi connectivity index (χ0v) is 9.54. The Balaban J connectivity index is 2.61. The Morgan fingerprint density at radius 1 is 1.67 bits per heavy atom. The van der Waals surface area contributed by atoms with Crippen molar-refractivity contribution in [1.29, 1.82) is 0 Å². The second-order valence-corrected chi connectivity index (χ2v) is 4.64. The number of amides is 2. The van der Waals surface area contributed by atoms with E-state index < -0.39 is 5.41 Å². The van der Waals surface area contributed by atoms with Crippen LogP contribution in [-0.4, -0.2) is 42.9 Å². The molecular weight excluding hydrogens is 194 g/mol. The molecule has 1 aliphatic heterocycles. The van der Waals surface area contributed by atoms with Crippen LogP contribution in [0.5, 0.6) is 0 Å². The second kappa shape index (κ2) is 4.18. The van der Waals surface area contributed by atoms with Gasteiger partial charge in [0.05, 0.1) is 11.5 Å². The number of nitrogens with one attached hydrogen (secondary N) is 1. The van der Waals surface area contributed by atoms with Gasteiger partial charge < -0.3 is 16.0 Å². The van der Waals surface area contributed by atoms with Gasteiger partial charge in [-0.15, -0.1) is 0 Å². The average molecular weight is 213 g/mol. The molecule has 0 aromatic rings. The first-order chi connectivity index (χ1) is 6.88. The first-order valence-corrected chi connectivity index (χ1v) is 5.14. The van der Waals surface area contributed by atoms with Crippen LogP contribution in [0.15, 0.2) is 0 Å². The number of rotatable bonds is 4. The smallest absolute Gasteiger partial charge is 0.239 e. The highest BCUT2D eigenvalue weighted by molar-refractivity contribution is 5.85. The maximum atomic E-state index is 11.7. The van der Waals surface area contributed by atoms with Crippen molar-refractivity contribution < 1.29 is 9.59 Å². The van der Waals surface area contributed by atoms with Crippen molar-refractivity contribution in [2.75, 3.05) is 20.1 Å². The van der Waals surface area contributed by atoms with E-state index in [9.17, 15) is 9.59 Å². The summed E-state index contributed by atoms with van der Waals surface area (Å²) in [6.07, 6.45) is 0.796. The van der Waals surface area contributed by atoms with Gasteiger partial charge in [-0.25, -0.2) is 0 Å². The van der Waals surface area contributed by atoms with Crippen LogP contribution >= 0.6 is 0 Å². The van der Waals surface area contributed by atoms with Crippen LogP contribution < -0.4 is 11.1 Å². The number of carbonyl (C=O) groups excluding carboxylic acids is 2. The lowest BCUT2D eigenvalue weighted by atomic mass is 9.92. The molecule has 0 aliphatic carbocycles. The minimum Gasteiger partial charge on any atom is -0.369 e. The number of hydrogen-bond acceptors (Lipinski definition) is 3. The quantitative estimate of drug-likeness (QED) is 0.649. The average Bonchev–Trinajstić information content (AvgIpc) is 2.47. The number of hydrogen-bond donors (Lipinski definition) is 2. The summed E-state index contributed by atoms with van der Waals surface area (Å²) in [6, 6.07) is -0.103. The van der Waals surface area contributed by atoms with Gasteiger partial charge in [-0.1, -0.05) is 0 Å². The Kier molecular flexibility index (Phi) is 3.34. The molecule has 1 aliphatic rings. The van der Waals surface area contributed by atoms with Gasteiger partial charge in [-0.05, 0) is 27.3 Å². The molecule has 0 bridgehead atoms. The van der Waals surface area contributed by atoms with Crippen molar-refractivity contribution in [3.05, 3.63) is 0 Å². The van der Waals surface area contributed by atoms with Gasteiger partial charge in [0.2, 0.25) is 11.8 Å². The molecule has 0 saturated carbocycles. The molecule has 1 atom stereocenters. The van der Waals surface area contributed by atoms with Gasteiger partial charge in [-0.2, -0.15) is 0 Å². The van der Waals surface area contributed by atoms with Crippen LogP contribution in [0.1, 0.15) is 20.3 Å². The molecule has 1 heterocycles. The third-order valence-corrected chi connectivity index (χ3v) is 2.90. The molecule has 5 nitrogen and oxygen atoms in total. The molecule has 2 amide bonds. The highest BCUT2D eigenvalue weighted by Gasteiger charge is 2.36. The van der Waals surface area contributed by atoms with Crippen molar-refractivity contribution >= 4 is 11.8 Å². The minimum absolute atomic E-state index is 0.0619. The van der Waals surface area contributed by atoms with E-state index in [1.54, 1.807) is 25.8 Å². The Bertz CT molecular complexity index is 276. The van der Waals surface area contributed by atoms with Crippen molar-refractivity contribution in [1.82, 2.24) is 10.2 Å². The van der Waals surface area contributed by atoms with Gasteiger partial charge in [-0.3, -0.25) is 9.59 Å². The fourth-order valence-electron chi connectivity index (χ4n) is 1.72. The summed E-state index contributed by atoms with van der Waals surface area (Å²) < 4.78 is 0. The Morgan fingerprint density at radius 3 is 2.67 bits per heavy atom. The SMILES string of the molecule is CNC1CCN(CC(C)(C)C(N)=O)C1=O. The van der Waals surface area contributed by atoms with Gasteiger partial charge in [0.15, 0.2) is 0 Å². The summed E-state index contributed by atoms with van der Waals surface area (Å²) in [5.41, 5.74) is 4.61. The topological polar surface area (TPSA) is 75.4 Å². The number of likely N-dealkylation sites (N-methyl/N-ethyl adjacent to an activating group) is 1. The fourth-order valence-corrected chi connectivity index (χ4v) is 1.72. The Morgan fingerprint density at radius 2 is 2.27 bits per heavy atom. The number of primary amides is 1. The Hall–Kier alpha value is -1.10. The molecule has 3 N–H and O–H groups in total. The highest BCUT2D eigenvalue weighted by atomic mass is 16.2. The molecule has 1 fully saturated rings. The van der Waals surface area contributed by atoms with E-state index in [1.165, 1.54) is 0 Å². The molecule has 0 spiro atoms. The molecule has 86 valence electrons. The minimum atomic E-state index is -0.654. The van der Waals surface area contributed by atoms with E-state index >= 15 is 0 Å².